The summed E-state index contributed by atoms with van der Waals surface area (Å²) in [4.78, 5) is 11.7. The van der Waals surface area contributed by atoms with Crippen molar-refractivity contribution in [1.29, 1.82) is 0 Å². The van der Waals surface area contributed by atoms with E-state index in [-0.39, 0.29) is 18.6 Å². The first-order chi connectivity index (χ1) is 8.67. The minimum atomic E-state index is -0.132. The predicted molar refractivity (Wildman–Crippen MR) is 69.9 cm³/mol. The zero-order valence-corrected chi connectivity index (χ0v) is 11.2. The molecule has 1 amide bonds. The second kappa shape index (κ2) is 7.87. The van der Waals surface area contributed by atoms with Crippen LogP contribution in [0.2, 0.25) is 0 Å². The van der Waals surface area contributed by atoms with Crippen molar-refractivity contribution in [2.45, 2.75) is 45.7 Å². The molecule has 5 heteroatoms. The van der Waals surface area contributed by atoms with Crippen LogP contribution in [-0.4, -0.2) is 33.4 Å². The molecule has 0 bridgehead atoms. The number of rotatable bonds is 8. The highest BCUT2D eigenvalue weighted by Crippen LogP contribution is 2.07. The van der Waals surface area contributed by atoms with Gasteiger partial charge in [0.05, 0.1) is 12.6 Å². The van der Waals surface area contributed by atoms with Gasteiger partial charge in [-0.05, 0) is 18.4 Å². The number of carbonyl (C=O) groups excluding carboxylic acids is 1. The second-order valence-corrected chi connectivity index (χ2v) is 4.61. The van der Waals surface area contributed by atoms with Crippen LogP contribution in [0.5, 0.6) is 0 Å². The summed E-state index contributed by atoms with van der Waals surface area (Å²) in [6.45, 7) is 4.83. The molecule has 18 heavy (non-hydrogen) atoms. The lowest BCUT2D eigenvalue weighted by molar-refractivity contribution is -0.122. The van der Waals surface area contributed by atoms with E-state index in [9.17, 15) is 9.90 Å². The largest absolute Gasteiger partial charge is 0.394 e. The SMILES string of the molecule is CC[C@H](C)[C@@H](CO)NC(=O)CCCn1cccn1. The molecule has 1 aromatic rings. The van der Waals surface area contributed by atoms with E-state index in [0.29, 0.717) is 12.3 Å². The summed E-state index contributed by atoms with van der Waals surface area (Å²) in [5.74, 6) is 0.298. The normalized spacial score (nSPS) is 14.2. The van der Waals surface area contributed by atoms with Gasteiger partial charge in [0, 0.05) is 25.4 Å². The number of hydrogen-bond donors (Lipinski definition) is 2. The van der Waals surface area contributed by atoms with E-state index >= 15 is 0 Å². The maximum Gasteiger partial charge on any atom is 0.220 e. The zero-order chi connectivity index (χ0) is 13.4. The predicted octanol–water partition coefficient (Wildman–Crippen LogP) is 1.19. The lowest BCUT2D eigenvalue weighted by Crippen LogP contribution is -2.41. The van der Waals surface area contributed by atoms with Gasteiger partial charge >= 0.3 is 0 Å². The number of aliphatic hydroxyl groups is 1. The Kier molecular flexibility index (Phi) is 6.43. The van der Waals surface area contributed by atoms with Gasteiger partial charge in [0.2, 0.25) is 5.91 Å². The smallest absolute Gasteiger partial charge is 0.220 e. The summed E-state index contributed by atoms with van der Waals surface area (Å²) in [5.41, 5.74) is 0. The summed E-state index contributed by atoms with van der Waals surface area (Å²) >= 11 is 0. The fraction of sp³-hybridized carbons (Fsp3) is 0.692. The van der Waals surface area contributed by atoms with Gasteiger partial charge in [-0.25, -0.2) is 0 Å². The number of amides is 1. The van der Waals surface area contributed by atoms with E-state index in [1.165, 1.54) is 0 Å². The number of aliphatic hydroxyl groups excluding tert-OH is 1. The maximum atomic E-state index is 11.7. The van der Waals surface area contributed by atoms with E-state index in [1.807, 2.05) is 23.9 Å². The Morgan fingerprint density at radius 2 is 2.33 bits per heavy atom. The van der Waals surface area contributed by atoms with Gasteiger partial charge in [-0.15, -0.1) is 0 Å². The average Bonchev–Trinajstić information content (AvgIpc) is 2.88. The maximum absolute atomic E-state index is 11.7. The van der Waals surface area contributed by atoms with Crippen LogP contribution in [0.1, 0.15) is 33.1 Å². The molecule has 0 aliphatic heterocycles. The van der Waals surface area contributed by atoms with Crippen LogP contribution < -0.4 is 5.32 Å². The molecular formula is C13H23N3O2. The van der Waals surface area contributed by atoms with Crippen molar-refractivity contribution in [2.24, 2.45) is 5.92 Å². The number of nitrogens with one attached hydrogen (secondary N) is 1. The summed E-state index contributed by atoms with van der Waals surface area (Å²) in [7, 11) is 0. The van der Waals surface area contributed by atoms with Crippen molar-refractivity contribution in [3.63, 3.8) is 0 Å². The zero-order valence-electron chi connectivity index (χ0n) is 11.2. The summed E-state index contributed by atoms with van der Waals surface area (Å²) < 4.78 is 1.81. The van der Waals surface area contributed by atoms with Gasteiger partial charge < -0.3 is 10.4 Å². The van der Waals surface area contributed by atoms with Crippen LogP contribution in [0.3, 0.4) is 0 Å². The molecule has 102 valence electrons. The van der Waals surface area contributed by atoms with Crippen molar-refractivity contribution in [1.82, 2.24) is 15.1 Å². The molecule has 0 aromatic carbocycles. The summed E-state index contributed by atoms with van der Waals surface area (Å²) in [6, 6.07) is 1.73. The van der Waals surface area contributed by atoms with Crippen LogP contribution in [0.15, 0.2) is 18.5 Å². The molecule has 0 saturated heterocycles. The van der Waals surface area contributed by atoms with Crippen molar-refractivity contribution in [3.8, 4) is 0 Å². The molecule has 0 unspecified atom stereocenters. The Labute approximate surface area is 108 Å². The van der Waals surface area contributed by atoms with Gasteiger partial charge in [0.1, 0.15) is 0 Å². The van der Waals surface area contributed by atoms with Crippen LogP contribution in [-0.2, 0) is 11.3 Å². The number of hydrogen-bond acceptors (Lipinski definition) is 3. The number of aryl methyl sites for hydroxylation is 1. The van der Waals surface area contributed by atoms with Crippen molar-refractivity contribution in [2.75, 3.05) is 6.61 Å². The first-order valence-corrected chi connectivity index (χ1v) is 6.55. The molecule has 0 aliphatic rings. The molecule has 2 atom stereocenters. The van der Waals surface area contributed by atoms with E-state index < -0.39 is 0 Å². The van der Waals surface area contributed by atoms with Crippen LogP contribution in [0.25, 0.3) is 0 Å². The quantitative estimate of drug-likeness (QED) is 0.731. The van der Waals surface area contributed by atoms with Crippen molar-refractivity contribution >= 4 is 5.91 Å². The van der Waals surface area contributed by atoms with E-state index in [4.69, 9.17) is 0 Å². The van der Waals surface area contributed by atoms with E-state index in [1.54, 1.807) is 6.20 Å². The molecule has 0 spiro atoms. The number of nitrogens with zero attached hydrogens (tertiary/aromatic N) is 2. The van der Waals surface area contributed by atoms with Gasteiger partial charge in [-0.1, -0.05) is 20.3 Å². The molecule has 0 fully saturated rings. The van der Waals surface area contributed by atoms with E-state index in [0.717, 1.165) is 19.4 Å². The molecule has 1 rings (SSSR count). The first kappa shape index (κ1) is 14.7. The highest BCUT2D eigenvalue weighted by Gasteiger charge is 2.16. The third-order valence-electron chi connectivity index (χ3n) is 3.22. The van der Waals surface area contributed by atoms with Crippen molar-refractivity contribution < 1.29 is 9.90 Å². The Hall–Kier alpha value is -1.36. The van der Waals surface area contributed by atoms with Gasteiger partial charge in [0.25, 0.3) is 0 Å². The Morgan fingerprint density at radius 3 is 2.89 bits per heavy atom. The van der Waals surface area contributed by atoms with Crippen LogP contribution >= 0.6 is 0 Å². The van der Waals surface area contributed by atoms with E-state index in [2.05, 4.69) is 17.3 Å². The topological polar surface area (TPSA) is 67.2 Å². The minimum Gasteiger partial charge on any atom is -0.394 e. The third-order valence-corrected chi connectivity index (χ3v) is 3.22. The molecular weight excluding hydrogens is 230 g/mol. The monoisotopic (exact) mass is 253 g/mol. The molecule has 0 radical (unpaired) electrons. The van der Waals surface area contributed by atoms with Gasteiger partial charge in [-0.3, -0.25) is 9.48 Å². The van der Waals surface area contributed by atoms with Crippen LogP contribution in [0, 0.1) is 5.92 Å². The Bertz CT molecular complexity index is 338. The number of aromatic nitrogens is 2. The lowest BCUT2D eigenvalue weighted by Gasteiger charge is -2.22. The molecule has 0 aliphatic carbocycles. The number of carbonyl (C=O) groups is 1. The van der Waals surface area contributed by atoms with Crippen LogP contribution in [0.4, 0.5) is 0 Å². The molecule has 5 nitrogen and oxygen atoms in total. The molecule has 0 saturated carbocycles. The molecule has 1 heterocycles. The molecule has 2 N–H and O–H groups in total. The minimum absolute atomic E-state index is 0.0000965. The standard InChI is InChI=1S/C13H23N3O2/c1-3-11(2)12(10-17)15-13(18)6-4-8-16-9-5-7-14-16/h5,7,9,11-12,17H,3-4,6,8,10H2,1-2H3,(H,15,18)/t11-,12+/m0/s1. The fourth-order valence-electron chi connectivity index (χ4n) is 1.77. The molecule has 1 aromatic heterocycles. The third kappa shape index (κ3) is 4.87. The summed E-state index contributed by atoms with van der Waals surface area (Å²) in [6.07, 6.45) is 5.77. The van der Waals surface area contributed by atoms with Gasteiger partial charge in [-0.2, -0.15) is 5.10 Å². The van der Waals surface area contributed by atoms with Gasteiger partial charge in [0.15, 0.2) is 0 Å². The summed E-state index contributed by atoms with van der Waals surface area (Å²) in [5, 5.41) is 16.2. The lowest BCUT2D eigenvalue weighted by atomic mass is 10.00. The average molecular weight is 253 g/mol. The first-order valence-electron chi connectivity index (χ1n) is 6.55. The highest BCUT2D eigenvalue weighted by molar-refractivity contribution is 5.76. The second-order valence-electron chi connectivity index (χ2n) is 4.61. The Morgan fingerprint density at radius 1 is 1.56 bits per heavy atom. The highest BCUT2D eigenvalue weighted by atomic mass is 16.3. The fourth-order valence-corrected chi connectivity index (χ4v) is 1.77. The Balaban J connectivity index is 2.23. The van der Waals surface area contributed by atoms with Crippen molar-refractivity contribution in [3.05, 3.63) is 18.5 Å².